The van der Waals surface area contributed by atoms with Crippen LogP contribution in [-0.4, -0.2) is 35.9 Å². The van der Waals surface area contributed by atoms with Gasteiger partial charge in [-0.2, -0.15) is 13.2 Å². The predicted molar refractivity (Wildman–Crippen MR) is 105 cm³/mol. The summed E-state index contributed by atoms with van der Waals surface area (Å²) in [6, 6.07) is 5.68. The van der Waals surface area contributed by atoms with E-state index in [1.807, 2.05) is 4.90 Å². The van der Waals surface area contributed by atoms with Crippen molar-refractivity contribution in [2.45, 2.75) is 13.1 Å². The van der Waals surface area contributed by atoms with Crippen LogP contribution in [0, 0.1) is 12.7 Å². The normalized spacial score (nSPS) is 15.1. The highest BCUT2D eigenvalue weighted by Crippen LogP contribution is 2.35. The van der Waals surface area contributed by atoms with Crippen molar-refractivity contribution >= 4 is 16.6 Å². The highest BCUT2D eigenvalue weighted by atomic mass is 19.4. The fraction of sp³-hybridized carbons (Fsp3) is 0.333. The number of hydrogen-bond acceptors (Lipinski definition) is 4. The molecule has 0 radical (unpaired) electrons. The number of pyridine rings is 2. The van der Waals surface area contributed by atoms with Crippen molar-refractivity contribution in [3.8, 4) is 11.3 Å². The Bertz CT molecular complexity index is 1180. The Morgan fingerprint density at radius 2 is 1.77 bits per heavy atom. The monoisotopic (exact) mass is 421 g/mol. The molecule has 1 aromatic carbocycles. The topological polar surface area (TPSA) is 47.4 Å². The van der Waals surface area contributed by atoms with E-state index in [-0.39, 0.29) is 16.8 Å². The summed E-state index contributed by atoms with van der Waals surface area (Å²) in [6.07, 6.45) is -4.66. The van der Waals surface area contributed by atoms with Crippen LogP contribution < -0.4 is 10.5 Å². The van der Waals surface area contributed by atoms with E-state index >= 15 is 0 Å². The number of morpholine rings is 1. The Labute approximate surface area is 169 Å². The van der Waals surface area contributed by atoms with Gasteiger partial charge in [-0.3, -0.25) is 4.79 Å². The molecule has 4 rings (SSSR count). The highest BCUT2D eigenvalue weighted by Gasteiger charge is 2.31. The summed E-state index contributed by atoms with van der Waals surface area (Å²) in [5, 5.41) is 0.722. The number of hydrogen-bond donors (Lipinski definition) is 0. The van der Waals surface area contributed by atoms with E-state index in [4.69, 9.17) is 4.74 Å². The molecule has 5 nitrogen and oxygen atoms in total. The first kappa shape index (κ1) is 20.3. The molecule has 0 atom stereocenters. The average Bonchev–Trinajstić information content (AvgIpc) is 2.72. The highest BCUT2D eigenvalue weighted by molar-refractivity contribution is 5.96. The molecule has 158 valence electrons. The second-order valence-electron chi connectivity index (χ2n) is 7.23. The average molecular weight is 421 g/mol. The first-order valence-electron chi connectivity index (χ1n) is 9.38. The molecule has 3 aromatic rings. The number of rotatable bonds is 2. The molecule has 0 unspecified atom stereocenters. The van der Waals surface area contributed by atoms with Gasteiger partial charge in [-0.05, 0) is 37.3 Å². The maximum absolute atomic E-state index is 14.8. The Morgan fingerprint density at radius 3 is 2.40 bits per heavy atom. The molecular weight excluding hydrogens is 402 g/mol. The van der Waals surface area contributed by atoms with Gasteiger partial charge in [-0.1, -0.05) is 0 Å². The number of nitrogens with zero attached hydrogens (tertiary/aromatic N) is 3. The second-order valence-corrected chi connectivity index (χ2v) is 7.23. The lowest BCUT2D eigenvalue weighted by Crippen LogP contribution is -2.37. The third kappa shape index (κ3) is 3.54. The SMILES string of the molecule is Cc1cc2c(-c3ccc(C(F)(F)F)cc3F)nc(N3CCOCC3)cc2c(=O)n1C. The summed E-state index contributed by atoms with van der Waals surface area (Å²) in [5.41, 5.74) is -0.682. The Balaban J connectivity index is 1.99. The molecule has 0 saturated carbocycles. The molecule has 1 aliphatic heterocycles. The number of anilines is 1. The number of alkyl halides is 3. The second kappa shape index (κ2) is 7.39. The Kier molecular flexibility index (Phi) is 5.01. The molecule has 2 aromatic heterocycles. The number of fused-ring (bicyclic) bond motifs is 1. The number of aromatic nitrogens is 2. The molecule has 1 aliphatic rings. The largest absolute Gasteiger partial charge is 0.416 e. The van der Waals surface area contributed by atoms with Gasteiger partial charge in [0.15, 0.2) is 0 Å². The fourth-order valence-corrected chi connectivity index (χ4v) is 3.55. The van der Waals surface area contributed by atoms with Crippen molar-refractivity contribution in [2.24, 2.45) is 7.05 Å². The zero-order valence-electron chi connectivity index (χ0n) is 16.4. The third-order valence-electron chi connectivity index (χ3n) is 5.35. The van der Waals surface area contributed by atoms with E-state index in [2.05, 4.69) is 4.98 Å². The molecule has 3 heterocycles. The van der Waals surface area contributed by atoms with Crippen molar-refractivity contribution in [1.29, 1.82) is 0 Å². The van der Waals surface area contributed by atoms with Gasteiger partial charge < -0.3 is 14.2 Å². The minimum absolute atomic E-state index is 0.0873. The molecule has 0 N–H and O–H groups in total. The van der Waals surface area contributed by atoms with E-state index in [9.17, 15) is 22.4 Å². The molecule has 30 heavy (non-hydrogen) atoms. The van der Waals surface area contributed by atoms with Crippen molar-refractivity contribution in [1.82, 2.24) is 9.55 Å². The van der Waals surface area contributed by atoms with Crippen LogP contribution >= 0.6 is 0 Å². The summed E-state index contributed by atoms with van der Waals surface area (Å²) in [5.74, 6) is -0.586. The lowest BCUT2D eigenvalue weighted by molar-refractivity contribution is -0.137. The minimum Gasteiger partial charge on any atom is -0.378 e. The Morgan fingerprint density at radius 1 is 1.07 bits per heavy atom. The maximum Gasteiger partial charge on any atom is 0.416 e. The van der Waals surface area contributed by atoms with Gasteiger partial charge in [0.05, 0.1) is 29.9 Å². The van der Waals surface area contributed by atoms with Gasteiger partial charge in [0.2, 0.25) is 0 Å². The minimum atomic E-state index is -4.66. The van der Waals surface area contributed by atoms with Crippen LogP contribution in [0.1, 0.15) is 11.3 Å². The summed E-state index contributed by atoms with van der Waals surface area (Å²) in [7, 11) is 1.63. The molecule has 9 heteroatoms. The van der Waals surface area contributed by atoms with Crippen molar-refractivity contribution in [3.63, 3.8) is 0 Å². The van der Waals surface area contributed by atoms with E-state index in [1.54, 1.807) is 26.1 Å². The summed E-state index contributed by atoms with van der Waals surface area (Å²) in [6.45, 7) is 3.77. The van der Waals surface area contributed by atoms with Gasteiger partial charge in [-0.15, -0.1) is 0 Å². The first-order chi connectivity index (χ1) is 14.2. The molecule has 0 spiro atoms. The van der Waals surface area contributed by atoms with Gasteiger partial charge in [-0.25, -0.2) is 9.37 Å². The zero-order valence-corrected chi connectivity index (χ0v) is 16.4. The van der Waals surface area contributed by atoms with E-state index in [0.29, 0.717) is 54.7 Å². The molecular formula is C21H19F4N3O2. The van der Waals surface area contributed by atoms with Crippen molar-refractivity contribution < 1.29 is 22.3 Å². The number of ether oxygens (including phenoxy) is 1. The number of benzene rings is 1. The summed E-state index contributed by atoms with van der Waals surface area (Å²) in [4.78, 5) is 19.4. The quantitative estimate of drug-likeness (QED) is 0.589. The van der Waals surface area contributed by atoms with Gasteiger partial charge in [0, 0.05) is 36.8 Å². The maximum atomic E-state index is 14.8. The van der Waals surface area contributed by atoms with E-state index in [1.165, 1.54) is 4.57 Å². The molecule has 1 saturated heterocycles. The molecule has 0 bridgehead atoms. The number of halogens is 4. The summed E-state index contributed by atoms with van der Waals surface area (Å²) < 4.78 is 60.5. The first-order valence-corrected chi connectivity index (χ1v) is 9.38. The summed E-state index contributed by atoms with van der Waals surface area (Å²) >= 11 is 0. The van der Waals surface area contributed by atoms with Crippen LogP contribution in [0.2, 0.25) is 0 Å². The van der Waals surface area contributed by atoms with Crippen LogP contribution in [0.15, 0.2) is 35.1 Å². The predicted octanol–water partition coefficient (Wildman–Crippen LogP) is 3.90. The van der Waals surface area contributed by atoms with E-state index < -0.39 is 17.6 Å². The molecule has 1 fully saturated rings. The number of aryl methyl sites for hydroxylation is 1. The van der Waals surface area contributed by atoms with Crippen LogP contribution in [0.4, 0.5) is 23.4 Å². The van der Waals surface area contributed by atoms with Gasteiger partial charge >= 0.3 is 6.18 Å². The van der Waals surface area contributed by atoms with Crippen LogP contribution in [0.25, 0.3) is 22.0 Å². The van der Waals surface area contributed by atoms with Crippen molar-refractivity contribution in [2.75, 3.05) is 31.2 Å². The Hall–Kier alpha value is -2.94. The van der Waals surface area contributed by atoms with Crippen molar-refractivity contribution in [3.05, 3.63) is 57.8 Å². The smallest absolute Gasteiger partial charge is 0.378 e. The third-order valence-corrected chi connectivity index (χ3v) is 5.35. The standard InChI is InChI=1S/C21H19F4N3O2/c1-12-9-15-16(20(29)27(12)2)11-18(28-5-7-30-8-6-28)26-19(15)14-4-3-13(10-17(14)22)21(23,24)25/h3-4,9-11H,5-8H2,1-2H3. The van der Waals surface area contributed by atoms with Gasteiger partial charge in [0.25, 0.3) is 5.56 Å². The van der Waals surface area contributed by atoms with Crippen LogP contribution in [0.3, 0.4) is 0 Å². The van der Waals surface area contributed by atoms with Gasteiger partial charge in [0.1, 0.15) is 11.6 Å². The lowest BCUT2D eigenvalue weighted by Gasteiger charge is -2.28. The molecule has 0 aliphatic carbocycles. The van der Waals surface area contributed by atoms with Crippen LogP contribution in [-0.2, 0) is 18.0 Å². The van der Waals surface area contributed by atoms with E-state index in [0.717, 1.165) is 12.1 Å². The van der Waals surface area contributed by atoms with Crippen LogP contribution in [0.5, 0.6) is 0 Å². The zero-order chi connectivity index (χ0) is 21.6. The lowest BCUT2D eigenvalue weighted by atomic mass is 10.0. The fourth-order valence-electron chi connectivity index (χ4n) is 3.55. The molecule has 0 amide bonds.